The van der Waals surface area contributed by atoms with Gasteiger partial charge in [0.2, 0.25) is 0 Å². The van der Waals surface area contributed by atoms with Crippen molar-refractivity contribution in [3.8, 4) is 5.95 Å². The molecule has 30 heavy (non-hydrogen) atoms. The number of rotatable bonds is 3. The van der Waals surface area contributed by atoms with Crippen LogP contribution in [0.4, 0.5) is 19.0 Å². The molecule has 0 radical (unpaired) electrons. The van der Waals surface area contributed by atoms with Gasteiger partial charge in [-0.2, -0.15) is 23.0 Å². The van der Waals surface area contributed by atoms with E-state index >= 15 is 0 Å². The largest absolute Gasteiger partial charge is 0.435 e. The lowest BCUT2D eigenvalue weighted by Gasteiger charge is -2.22. The Kier molecular flexibility index (Phi) is 7.23. The molecule has 8 heteroatoms. The van der Waals surface area contributed by atoms with E-state index in [4.69, 9.17) is 0 Å². The Labute approximate surface area is 175 Å². The van der Waals surface area contributed by atoms with E-state index in [1.165, 1.54) is 12.4 Å². The van der Waals surface area contributed by atoms with E-state index in [9.17, 15) is 13.2 Å². The summed E-state index contributed by atoms with van der Waals surface area (Å²) in [4.78, 5) is 8.08. The molecule has 1 aliphatic rings. The average molecular weight is 419 g/mol. The number of aromatic nitrogens is 4. The number of nitrogens with zero attached hydrogens (tertiary/aromatic N) is 4. The van der Waals surface area contributed by atoms with Crippen LogP contribution < -0.4 is 5.32 Å². The fraction of sp³-hybridized carbons (Fsp3) is 0.409. The van der Waals surface area contributed by atoms with E-state index in [2.05, 4.69) is 34.2 Å². The van der Waals surface area contributed by atoms with Crippen molar-refractivity contribution in [3.63, 3.8) is 0 Å². The van der Waals surface area contributed by atoms with Gasteiger partial charge in [-0.25, -0.2) is 9.97 Å². The second kappa shape index (κ2) is 9.28. The molecule has 0 bridgehead atoms. The summed E-state index contributed by atoms with van der Waals surface area (Å²) >= 11 is 0. The van der Waals surface area contributed by atoms with Gasteiger partial charge in [-0.3, -0.25) is 0 Å². The summed E-state index contributed by atoms with van der Waals surface area (Å²) in [6.07, 6.45) is 6.31. The lowest BCUT2D eigenvalue weighted by Crippen LogP contribution is -2.11. The second-order valence-electron chi connectivity index (χ2n) is 7.42. The van der Waals surface area contributed by atoms with Gasteiger partial charge < -0.3 is 5.32 Å². The van der Waals surface area contributed by atoms with Crippen LogP contribution in [0.5, 0.6) is 0 Å². The quantitative estimate of drug-likeness (QED) is 0.657. The van der Waals surface area contributed by atoms with E-state index in [-0.39, 0.29) is 22.7 Å². The van der Waals surface area contributed by atoms with Crippen LogP contribution in [0, 0.1) is 5.41 Å². The molecule has 0 atom stereocenters. The molecular weight excluding hydrogens is 391 g/mol. The van der Waals surface area contributed by atoms with Gasteiger partial charge >= 0.3 is 6.18 Å². The van der Waals surface area contributed by atoms with Crippen molar-refractivity contribution in [2.75, 3.05) is 12.4 Å². The van der Waals surface area contributed by atoms with E-state index in [0.29, 0.717) is 5.57 Å². The summed E-state index contributed by atoms with van der Waals surface area (Å²) in [5.74, 6) is 0.245. The molecule has 1 aliphatic carbocycles. The Morgan fingerprint density at radius 3 is 2.33 bits per heavy atom. The Hall–Kier alpha value is -2.90. The lowest BCUT2D eigenvalue weighted by molar-refractivity contribution is -0.141. The van der Waals surface area contributed by atoms with Crippen LogP contribution in [0.2, 0.25) is 0 Å². The van der Waals surface area contributed by atoms with Crippen LogP contribution in [-0.4, -0.2) is 26.8 Å². The molecule has 0 spiro atoms. The van der Waals surface area contributed by atoms with E-state index in [0.717, 1.165) is 16.7 Å². The summed E-state index contributed by atoms with van der Waals surface area (Å²) in [6, 6.07) is 1.59. The molecule has 0 aromatic carbocycles. The molecule has 5 nitrogen and oxygen atoms in total. The van der Waals surface area contributed by atoms with Crippen molar-refractivity contribution in [2.24, 2.45) is 5.41 Å². The van der Waals surface area contributed by atoms with E-state index in [1.54, 1.807) is 31.3 Å². The van der Waals surface area contributed by atoms with Gasteiger partial charge in [-0.05, 0) is 30.4 Å². The smallest absolute Gasteiger partial charge is 0.372 e. The monoisotopic (exact) mass is 419 g/mol. The van der Waals surface area contributed by atoms with Crippen molar-refractivity contribution in [1.29, 1.82) is 0 Å². The van der Waals surface area contributed by atoms with Crippen molar-refractivity contribution in [3.05, 3.63) is 59.6 Å². The molecule has 162 valence electrons. The fourth-order valence-corrected chi connectivity index (χ4v) is 3.38. The zero-order chi connectivity index (χ0) is 22.5. The Morgan fingerprint density at radius 2 is 1.77 bits per heavy atom. The van der Waals surface area contributed by atoms with Crippen LogP contribution in [0.1, 0.15) is 52.3 Å². The SMILES string of the molecule is CC.CNc1c(/C2=C/C=C\C(C)(C)CC(C)=C2)c(C(F)(F)F)nn1-c1ncccn1. The number of alkyl halides is 3. The Morgan fingerprint density at radius 1 is 1.13 bits per heavy atom. The van der Waals surface area contributed by atoms with Crippen molar-refractivity contribution < 1.29 is 13.2 Å². The standard InChI is InChI=1S/C20H22F3N5.C2H6/c1-13-11-14(7-5-8-19(2,3)12-13)15-16(20(21,22)23)27-28(17(15)24-4)18-25-9-6-10-26-18;1-2/h5-11,24H,12H2,1-4H3;1-2H3/b8-5-,13-11?,14-7+;. The van der Waals surface area contributed by atoms with Gasteiger partial charge in [0.15, 0.2) is 5.69 Å². The maximum atomic E-state index is 13.8. The number of allylic oxidation sites excluding steroid dienone is 6. The molecule has 2 aromatic heterocycles. The highest BCUT2D eigenvalue weighted by atomic mass is 19.4. The molecule has 0 amide bonds. The molecule has 1 N–H and O–H groups in total. The summed E-state index contributed by atoms with van der Waals surface area (Å²) in [6.45, 7) is 10.1. The summed E-state index contributed by atoms with van der Waals surface area (Å²) in [5.41, 5.74) is 0.352. The maximum Gasteiger partial charge on any atom is 0.435 e. The van der Waals surface area contributed by atoms with Crippen LogP contribution >= 0.6 is 0 Å². The van der Waals surface area contributed by atoms with Crippen LogP contribution in [0.25, 0.3) is 11.5 Å². The minimum atomic E-state index is -4.63. The van der Waals surface area contributed by atoms with Gasteiger partial charge in [-0.1, -0.05) is 57.6 Å². The first-order valence-corrected chi connectivity index (χ1v) is 9.85. The Balaban J connectivity index is 0.00000155. The van der Waals surface area contributed by atoms with Gasteiger partial charge in [0.25, 0.3) is 5.95 Å². The highest BCUT2D eigenvalue weighted by Crippen LogP contribution is 2.41. The summed E-state index contributed by atoms with van der Waals surface area (Å²) < 4.78 is 42.6. The third-order valence-corrected chi connectivity index (χ3v) is 4.38. The maximum absolute atomic E-state index is 13.8. The molecule has 0 saturated heterocycles. The molecule has 0 fully saturated rings. The predicted molar refractivity (Wildman–Crippen MR) is 114 cm³/mol. The summed E-state index contributed by atoms with van der Waals surface area (Å²) in [7, 11) is 1.55. The number of hydrogen-bond donors (Lipinski definition) is 1. The highest BCUT2D eigenvalue weighted by Gasteiger charge is 2.40. The van der Waals surface area contributed by atoms with Crippen LogP contribution in [0.3, 0.4) is 0 Å². The van der Waals surface area contributed by atoms with Gasteiger partial charge in [0, 0.05) is 19.4 Å². The third-order valence-electron chi connectivity index (χ3n) is 4.38. The zero-order valence-electron chi connectivity index (χ0n) is 18.2. The average Bonchev–Trinajstić information content (AvgIpc) is 3.07. The fourth-order valence-electron chi connectivity index (χ4n) is 3.38. The number of hydrogen-bond acceptors (Lipinski definition) is 4. The first kappa shape index (κ1) is 23.4. The van der Waals surface area contributed by atoms with Gasteiger partial charge in [-0.15, -0.1) is 0 Å². The van der Waals surface area contributed by atoms with Crippen molar-refractivity contribution in [2.45, 2.75) is 47.2 Å². The zero-order valence-corrected chi connectivity index (χ0v) is 18.2. The highest BCUT2D eigenvalue weighted by molar-refractivity contribution is 5.84. The van der Waals surface area contributed by atoms with Crippen LogP contribution in [0.15, 0.2) is 48.3 Å². The molecule has 0 saturated carbocycles. The minimum Gasteiger partial charge on any atom is -0.372 e. The minimum absolute atomic E-state index is 0.0221. The molecular formula is C22H28F3N5. The normalized spacial score (nSPS) is 18.7. The van der Waals surface area contributed by atoms with E-state index in [1.807, 2.05) is 26.8 Å². The van der Waals surface area contributed by atoms with Gasteiger partial charge in [0.05, 0.1) is 5.56 Å². The van der Waals surface area contributed by atoms with Crippen molar-refractivity contribution >= 4 is 11.4 Å². The molecule has 0 aliphatic heterocycles. The second-order valence-corrected chi connectivity index (χ2v) is 7.42. The predicted octanol–water partition coefficient (Wildman–Crippen LogP) is 6.06. The Bertz CT molecular complexity index is 951. The van der Waals surface area contributed by atoms with Gasteiger partial charge in [0.1, 0.15) is 5.82 Å². The number of halogens is 3. The lowest BCUT2D eigenvalue weighted by atomic mass is 9.83. The van der Waals surface area contributed by atoms with E-state index < -0.39 is 11.9 Å². The number of nitrogens with one attached hydrogen (secondary N) is 1. The first-order valence-electron chi connectivity index (χ1n) is 9.85. The summed E-state index contributed by atoms with van der Waals surface area (Å²) in [5, 5.41) is 6.66. The molecule has 3 rings (SSSR count). The topological polar surface area (TPSA) is 55.6 Å². The molecule has 2 heterocycles. The first-order chi connectivity index (χ1) is 14.1. The van der Waals surface area contributed by atoms with Crippen LogP contribution in [-0.2, 0) is 6.18 Å². The van der Waals surface area contributed by atoms with Crippen molar-refractivity contribution in [1.82, 2.24) is 19.7 Å². The number of anilines is 1. The molecule has 0 unspecified atom stereocenters. The third kappa shape index (κ3) is 5.17. The molecule has 2 aromatic rings.